The molecular weight excluding hydrogens is 332 g/mol. The molecule has 0 saturated heterocycles. The topological polar surface area (TPSA) is 86.2 Å². The lowest BCUT2D eigenvalue weighted by Crippen LogP contribution is -2.08. The van der Waals surface area contributed by atoms with Crippen molar-refractivity contribution in [2.24, 2.45) is 0 Å². The smallest absolute Gasteiger partial charge is 0.283 e. The van der Waals surface area contributed by atoms with Gasteiger partial charge in [-0.25, -0.2) is 0 Å². The van der Waals surface area contributed by atoms with Gasteiger partial charge in [0.2, 0.25) is 0 Å². The minimum absolute atomic E-state index is 0.274. The third kappa shape index (κ3) is 3.01. The molecule has 4 aromatic rings. The van der Waals surface area contributed by atoms with Gasteiger partial charge in [-0.15, -0.1) is 0 Å². The summed E-state index contributed by atoms with van der Waals surface area (Å²) in [5.41, 5.74) is 2.66. The molecule has 0 saturated carbocycles. The van der Waals surface area contributed by atoms with Crippen LogP contribution in [0.4, 0.5) is 0 Å². The molecular formula is C20H16N2O4. The highest BCUT2D eigenvalue weighted by Crippen LogP contribution is 2.18. The van der Waals surface area contributed by atoms with Gasteiger partial charge in [-0.2, -0.15) is 9.97 Å². The number of hydrogen-bond donors (Lipinski definition) is 0. The van der Waals surface area contributed by atoms with E-state index >= 15 is 0 Å². The van der Waals surface area contributed by atoms with Crippen LogP contribution < -0.4 is 11.1 Å². The molecule has 0 aliphatic heterocycles. The summed E-state index contributed by atoms with van der Waals surface area (Å²) >= 11 is 0. The highest BCUT2D eigenvalue weighted by molar-refractivity contribution is 5.77. The number of rotatable bonds is 3. The largest absolute Gasteiger partial charge is 0.442 e. The summed E-state index contributed by atoms with van der Waals surface area (Å²) in [5.74, 6) is 0.710. The zero-order valence-electron chi connectivity index (χ0n) is 14.4. The van der Waals surface area contributed by atoms with E-state index in [2.05, 4.69) is 9.97 Å². The molecule has 2 aromatic heterocycles. The van der Waals surface area contributed by atoms with Crippen LogP contribution in [0, 0.1) is 13.8 Å². The number of aryl methyl sites for hydroxylation is 4. The number of fused-ring (bicyclic) bond motifs is 2. The van der Waals surface area contributed by atoms with Crippen LogP contribution in [0.25, 0.3) is 21.9 Å². The molecule has 0 unspecified atom stereocenters. The van der Waals surface area contributed by atoms with Crippen molar-refractivity contribution >= 4 is 21.9 Å². The van der Waals surface area contributed by atoms with Crippen LogP contribution >= 0.6 is 0 Å². The fourth-order valence-corrected chi connectivity index (χ4v) is 3.03. The zero-order valence-corrected chi connectivity index (χ0v) is 14.4. The number of hydrogen-bond acceptors (Lipinski definition) is 6. The van der Waals surface area contributed by atoms with E-state index in [1.807, 2.05) is 24.3 Å². The summed E-state index contributed by atoms with van der Waals surface area (Å²) < 4.78 is 11.1. The Morgan fingerprint density at radius 3 is 1.58 bits per heavy atom. The Kier molecular flexibility index (Phi) is 3.88. The quantitative estimate of drug-likeness (QED) is 0.565. The van der Waals surface area contributed by atoms with E-state index in [1.165, 1.54) is 0 Å². The van der Waals surface area contributed by atoms with Crippen molar-refractivity contribution in [2.75, 3.05) is 0 Å². The van der Waals surface area contributed by atoms with Crippen LogP contribution in [-0.2, 0) is 12.8 Å². The molecule has 26 heavy (non-hydrogen) atoms. The second kappa shape index (κ2) is 6.22. The first-order chi connectivity index (χ1) is 12.5. The summed E-state index contributed by atoms with van der Waals surface area (Å²) in [6.45, 7) is 3.32. The molecule has 0 N–H and O–H groups in total. The lowest BCUT2D eigenvalue weighted by atomic mass is 10.0. The Bertz CT molecular complexity index is 1160. The molecule has 2 heterocycles. The first-order valence-corrected chi connectivity index (χ1v) is 8.30. The maximum Gasteiger partial charge on any atom is 0.283 e. The SMILES string of the molecule is Cc1nc(=O)c2ccc(CCc3ccc4c(=O)nc(C)oc4c3)cc2o1. The summed E-state index contributed by atoms with van der Waals surface area (Å²) in [6.07, 6.45) is 1.53. The molecule has 0 fully saturated rings. The van der Waals surface area contributed by atoms with Gasteiger partial charge < -0.3 is 8.83 Å². The second-order valence-electron chi connectivity index (χ2n) is 6.24. The first-order valence-electron chi connectivity index (χ1n) is 8.30. The van der Waals surface area contributed by atoms with Crippen LogP contribution in [0.5, 0.6) is 0 Å². The fourth-order valence-electron chi connectivity index (χ4n) is 3.03. The van der Waals surface area contributed by atoms with Gasteiger partial charge in [-0.05, 0) is 48.2 Å². The average Bonchev–Trinajstić information content (AvgIpc) is 2.59. The third-order valence-electron chi connectivity index (χ3n) is 4.29. The molecule has 0 radical (unpaired) electrons. The standard InChI is InChI=1S/C20H16N2O4/c1-11-21-19(23)15-7-5-13(9-17(15)25-11)3-4-14-6-8-16-18(10-14)26-12(2)22-20(16)24/h5-10H,3-4H2,1-2H3. The molecule has 6 nitrogen and oxygen atoms in total. The van der Waals surface area contributed by atoms with Gasteiger partial charge in [0.05, 0.1) is 10.8 Å². The van der Waals surface area contributed by atoms with E-state index in [9.17, 15) is 9.59 Å². The zero-order chi connectivity index (χ0) is 18.3. The highest BCUT2D eigenvalue weighted by Gasteiger charge is 2.07. The normalized spacial score (nSPS) is 11.3. The maximum atomic E-state index is 11.9. The molecule has 0 spiro atoms. The third-order valence-corrected chi connectivity index (χ3v) is 4.29. The Balaban J connectivity index is 1.62. The predicted octanol–water partition coefficient (Wildman–Crippen LogP) is 3.09. The van der Waals surface area contributed by atoms with Crippen molar-refractivity contribution < 1.29 is 8.83 Å². The Morgan fingerprint density at radius 1 is 0.731 bits per heavy atom. The van der Waals surface area contributed by atoms with Crippen molar-refractivity contribution in [3.8, 4) is 0 Å². The molecule has 2 aromatic carbocycles. The summed E-state index contributed by atoms with van der Waals surface area (Å²) in [4.78, 5) is 31.3. The van der Waals surface area contributed by atoms with Gasteiger partial charge in [0.15, 0.2) is 11.8 Å². The highest BCUT2D eigenvalue weighted by atomic mass is 16.3. The predicted molar refractivity (Wildman–Crippen MR) is 97.4 cm³/mol. The summed E-state index contributed by atoms with van der Waals surface area (Å²) in [7, 11) is 0. The van der Waals surface area contributed by atoms with Crippen molar-refractivity contribution in [1.82, 2.24) is 9.97 Å². The first kappa shape index (κ1) is 16.2. The lowest BCUT2D eigenvalue weighted by Gasteiger charge is -2.05. The molecule has 6 heteroatoms. The fraction of sp³-hybridized carbons (Fsp3) is 0.200. The second-order valence-corrected chi connectivity index (χ2v) is 6.24. The van der Waals surface area contributed by atoms with E-state index in [4.69, 9.17) is 8.83 Å². The number of benzene rings is 2. The van der Waals surface area contributed by atoms with Gasteiger partial charge in [-0.1, -0.05) is 12.1 Å². The molecule has 4 rings (SSSR count). The van der Waals surface area contributed by atoms with E-state index in [1.54, 1.807) is 26.0 Å². The van der Waals surface area contributed by atoms with Crippen molar-refractivity contribution in [1.29, 1.82) is 0 Å². The molecule has 0 amide bonds. The van der Waals surface area contributed by atoms with Crippen LogP contribution in [0.15, 0.2) is 54.8 Å². The van der Waals surface area contributed by atoms with E-state index in [-0.39, 0.29) is 11.1 Å². The van der Waals surface area contributed by atoms with Gasteiger partial charge in [0.25, 0.3) is 11.1 Å². The van der Waals surface area contributed by atoms with Crippen molar-refractivity contribution in [3.05, 3.63) is 80.0 Å². The van der Waals surface area contributed by atoms with Crippen LogP contribution in [0.2, 0.25) is 0 Å². The average molecular weight is 348 g/mol. The minimum Gasteiger partial charge on any atom is -0.442 e. The van der Waals surface area contributed by atoms with Gasteiger partial charge in [0.1, 0.15) is 11.2 Å². The molecule has 0 aliphatic rings. The molecule has 0 bridgehead atoms. The minimum atomic E-state index is -0.274. The van der Waals surface area contributed by atoms with Crippen molar-refractivity contribution in [3.63, 3.8) is 0 Å². The van der Waals surface area contributed by atoms with Crippen LogP contribution in [-0.4, -0.2) is 9.97 Å². The van der Waals surface area contributed by atoms with E-state index in [0.717, 1.165) is 24.0 Å². The lowest BCUT2D eigenvalue weighted by molar-refractivity contribution is 0.533. The summed E-state index contributed by atoms with van der Waals surface area (Å²) in [6, 6.07) is 11.1. The molecule has 0 aliphatic carbocycles. The van der Waals surface area contributed by atoms with Crippen LogP contribution in [0.3, 0.4) is 0 Å². The molecule has 130 valence electrons. The Labute approximate surface area is 148 Å². The van der Waals surface area contributed by atoms with Gasteiger partial charge in [-0.3, -0.25) is 9.59 Å². The van der Waals surface area contributed by atoms with Crippen LogP contribution in [0.1, 0.15) is 22.9 Å². The summed E-state index contributed by atoms with van der Waals surface area (Å²) in [5, 5.41) is 0.963. The molecule has 0 atom stereocenters. The van der Waals surface area contributed by atoms with E-state index < -0.39 is 0 Å². The maximum absolute atomic E-state index is 11.9. The van der Waals surface area contributed by atoms with E-state index in [0.29, 0.717) is 33.7 Å². The van der Waals surface area contributed by atoms with Gasteiger partial charge >= 0.3 is 0 Å². The monoisotopic (exact) mass is 348 g/mol. The Morgan fingerprint density at radius 2 is 1.15 bits per heavy atom. The number of aromatic nitrogens is 2. The van der Waals surface area contributed by atoms with Crippen molar-refractivity contribution in [2.45, 2.75) is 26.7 Å². The number of nitrogens with zero attached hydrogens (tertiary/aromatic N) is 2. The Hall–Kier alpha value is -3.28. The van der Waals surface area contributed by atoms with Gasteiger partial charge in [0, 0.05) is 13.8 Å².